The number of carbonyl (C=O) groups is 1. The van der Waals surface area contributed by atoms with Crippen molar-refractivity contribution in [2.24, 2.45) is 5.92 Å². The summed E-state index contributed by atoms with van der Waals surface area (Å²) in [6.07, 6.45) is 1.16. The standard InChI is InChI=1S/C14H27N3O2/c1-4-11-7-15-8-12(11)17-5-6-19-9-13(17)14(18)16-10(2)3/h10-13,15H,4-9H2,1-3H3,(H,16,18). The zero-order valence-corrected chi connectivity index (χ0v) is 12.3. The summed E-state index contributed by atoms with van der Waals surface area (Å²) < 4.78 is 5.52. The summed E-state index contributed by atoms with van der Waals surface area (Å²) in [6.45, 7) is 10.4. The van der Waals surface area contributed by atoms with Gasteiger partial charge in [0, 0.05) is 25.2 Å². The maximum Gasteiger partial charge on any atom is 0.239 e. The van der Waals surface area contributed by atoms with Crippen molar-refractivity contribution in [1.82, 2.24) is 15.5 Å². The quantitative estimate of drug-likeness (QED) is 0.766. The number of amides is 1. The van der Waals surface area contributed by atoms with Crippen LogP contribution < -0.4 is 10.6 Å². The van der Waals surface area contributed by atoms with Gasteiger partial charge in [0.2, 0.25) is 5.91 Å². The molecule has 0 aliphatic carbocycles. The first kappa shape index (κ1) is 14.8. The Kier molecular flexibility index (Phi) is 5.19. The first-order chi connectivity index (χ1) is 9.13. The minimum Gasteiger partial charge on any atom is -0.378 e. The molecule has 2 N–H and O–H groups in total. The van der Waals surface area contributed by atoms with Crippen LogP contribution in [0.15, 0.2) is 0 Å². The SMILES string of the molecule is CCC1CNCC1N1CCOCC1C(=O)NC(C)C. The van der Waals surface area contributed by atoms with Crippen molar-refractivity contribution in [3.8, 4) is 0 Å². The minimum atomic E-state index is -0.130. The zero-order valence-electron chi connectivity index (χ0n) is 12.3. The third-order valence-electron chi connectivity index (χ3n) is 4.16. The van der Waals surface area contributed by atoms with E-state index in [2.05, 4.69) is 22.5 Å². The number of nitrogens with zero attached hydrogens (tertiary/aromatic N) is 1. The number of rotatable bonds is 4. The predicted octanol–water partition coefficient (Wildman–Crippen LogP) is 0.210. The molecular formula is C14H27N3O2. The number of carbonyl (C=O) groups excluding carboxylic acids is 1. The zero-order chi connectivity index (χ0) is 13.8. The van der Waals surface area contributed by atoms with Gasteiger partial charge >= 0.3 is 0 Å². The highest BCUT2D eigenvalue weighted by Gasteiger charge is 2.39. The molecule has 0 radical (unpaired) electrons. The van der Waals surface area contributed by atoms with Crippen LogP contribution in [-0.2, 0) is 9.53 Å². The van der Waals surface area contributed by atoms with Crippen LogP contribution in [-0.4, -0.2) is 61.8 Å². The van der Waals surface area contributed by atoms with Gasteiger partial charge in [-0.15, -0.1) is 0 Å². The van der Waals surface area contributed by atoms with Crippen LogP contribution in [0.1, 0.15) is 27.2 Å². The molecule has 0 spiro atoms. The second kappa shape index (κ2) is 6.68. The molecule has 2 fully saturated rings. The average Bonchev–Trinajstić information content (AvgIpc) is 2.86. The van der Waals surface area contributed by atoms with Crippen molar-refractivity contribution >= 4 is 5.91 Å². The Morgan fingerprint density at radius 2 is 2.26 bits per heavy atom. The van der Waals surface area contributed by atoms with Crippen molar-refractivity contribution in [2.45, 2.75) is 45.3 Å². The lowest BCUT2D eigenvalue weighted by molar-refractivity contribution is -0.135. The lowest BCUT2D eigenvalue weighted by atomic mass is 9.97. The van der Waals surface area contributed by atoms with Crippen molar-refractivity contribution < 1.29 is 9.53 Å². The molecule has 3 atom stereocenters. The fourth-order valence-corrected chi connectivity index (χ4v) is 3.14. The van der Waals surface area contributed by atoms with E-state index in [0.717, 1.165) is 32.7 Å². The highest BCUT2D eigenvalue weighted by Crippen LogP contribution is 2.23. The van der Waals surface area contributed by atoms with Crippen LogP contribution in [0.3, 0.4) is 0 Å². The summed E-state index contributed by atoms with van der Waals surface area (Å²) in [5.74, 6) is 0.754. The topological polar surface area (TPSA) is 53.6 Å². The lowest BCUT2D eigenvalue weighted by Gasteiger charge is -2.40. The fraction of sp³-hybridized carbons (Fsp3) is 0.929. The van der Waals surface area contributed by atoms with Gasteiger partial charge in [0.05, 0.1) is 13.2 Å². The van der Waals surface area contributed by atoms with Crippen molar-refractivity contribution in [3.63, 3.8) is 0 Å². The van der Waals surface area contributed by atoms with Gasteiger partial charge in [0.15, 0.2) is 0 Å². The molecule has 0 aromatic rings. The Labute approximate surface area is 116 Å². The molecule has 110 valence electrons. The van der Waals surface area contributed by atoms with Gasteiger partial charge in [-0.1, -0.05) is 13.3 Å². The lowest BCUT2D eigenvalue weighted by Crippen LogP contribution is -2.59. The van der Waals surface area contributed by atoms with Crippen LogP contribution in [0, 0.1) is 5.92 Å². The van der Waals surface area contributed by atoms with Gasteiger partial charge in [0.1, 0.15) is 6.04 Å². The fourth-order valence-electron chi connectivity index (χ4n) is 3.14. The molecule has 2 aliphatic heterocycles. The van der Waals surface area contributed by atoms with Crippen LogP contribution in [0.4, 0.5) is 0 Å². The van der Waals surface area contributed by atoms with E-state index in [1.165, 1.54) is 0 Å². The summed E-state index contributed by atoms with van der Waals surface area (Å²) in [5.41, 5.74) is 0. The third-order valence-corrected chi connectivity index (χ3v) is 4.16. The molecule has 0 aromatic carbocycles. The third kappa shape index (κ3) is 3.46. The number of ether oxygens (including phenoxy) is 1. The molecule has 1 amide bonds. The van der Waals surface area contributed by atoms with E-state index in [4.69, 9.17) is 4.74 Å². The van der Waals surface area contributed by atoms with E-state index in [1.54, 1.807) is 0 Å². The molecule has 0 bridgehead atoms. The second-order valence-electron chi connectivity index (χ2n) is 5.89. The predicted molar refractivity (Wildman–Crippen MR) is 75.0 cm³/mol. The second-order valence-corrected chi connectivity index (χ2v) is 5.89. The molecule has 0 saturated carbocycles. The summed E-state index contributed by atoms with van der Waals surface area (Å²) in [4.78, 5) is 14.7. The number of morpholine rings is 1. The Hall–Kier alpha value is -0.650. The van der Waals surface area contributed by atoms with E-state index in [9.17, 15) is 4.79 Å². The number of hydrogen-bond donors (Lipinski definition) is 2. The molecule has 5 nitrogen and oxygen atoms in total. The number of hydrogen-bond acceptors (Lipinski definition) is 4. The Morgan fingerprint density at radius 3 is 2.95 bits per heavy atom. The maximum absolute atomic E-state index is 12.3. The van der Waals surface area contributed by atoms with Gasteiger partial charge in [0.25, 0.3) is 0 Å². The van der Waals surface area contributed by atoms with E-state index >= 15 is 0 Å². The first-order valence-corrected chi connectivity index (χ1v) is 7.48. The first-order valence-electron chi connectivity index (χ1n) is 7.48. The van der Waals surface area contributed by atoms with Gasteiger partial charge in [-0.2, -0.15) is 0 Å². The van der Waals surface area contributed by atoms with Crippen molar-refractivity contribution in [3.05, 3.63) is 0 Å². The molecule has 2 aliphatic rings. The maximum atomic E-state index is 12.3. The smallest absolute Gasteiger partial charge is 0.239 e. The van der Waals surface area contributed by atoms with Crippen molar-refractivity contribution in [2.75, 3.05) is 32.8 Å². The molecule has 5 heteroatoms. The van der Waals surface area contributed by atoms with E-state index in [1.807, 2.05) is 13.8 Å². The monoisotopic (exact) mass is 269 g/mol. The summed E-state index contributed by atoms with van der Waals surface area (Å²) in [6, 6.07) is 0.520. The van der Waals surface area contributed by atoms with E-state index in [0.29, 0.717) is 18.6 Å². The summed E-state index contributed by atoms with van der Waals surface area (Å²) >= 11 is 0. The van der Waals surface area contributed by atoms with Crippen LogP contribution in [0.5, 0.6) is 0 Å². The van der Waals surface area contributed by atoms with Crippen LogP contribution in [0.25, 0.3) is 0 Å². The normalized spacial score (nSPS) is 32.7. The average molecular weight is 269 g/mol. The molecule has 2 rings (SSSR count). The molecule has 19 heavy (non-hydrogen) atoms. The molecule has 0 aromatic heterocycles. The van der Waals surface area contributed by atoms with Crippen LogP contribution >= 0.6 is 0 Å². The van der Waals surface area contributed by atoms with Gasteiger partial charge in [-0.3, -0.25) is 9.69 Å². The highest BCUT2D eigenvalue weighted by molar-refractivity contribution is 5.82. The minimum absolute atomic E-state index is 0.108. The Balaban J connectivity index is 2.05. The van der Waals surface area contributed by atoms with Gasteiger partial charge in [-0.05, 0) is 26.3 Å². The molecule has 3 unspecified atom stereocenters. The van der Waals surface area contributed by atoms with E-state index < -0.39 is 0 Å². The molecular weight excluding hydrogens is 242 g/mol. The van der Waals surface area contributed by atoms with E-state index in [-0.39, 0.29) is 18.0 Å². The number of nitrogens with one attached hydrogen (secondary N) is 2. The summed E-state index contributed by atoms with van der Waals surface area (Å²) in [5, 5.41) is 6.47. The van der Waals surface area contributed by atoms with Gasteiger partial charge < -0.3 is 15.4 Å². The highest BCUT2D eigenvalue weighted by atomic mass is 16.5. The summed E-state index contributed by atoms with van der Waals surface area (Å²) in [7, 11) is 0. The largest absolute Gasteiger partial charge is 0.378 e. The van der Waals surface area contributed by atoms with Crippen LogP contribution in [0.2, 0.25) is 0 Å². The van der Waals surface area contributed by atoms with Crippen molar-refractivity contribution in [1.29, 1.82) is 0 Å². The molecule has 2 heterocycles. The Bertz CT molecular complexity index is 309. The Morgan fingerprint density at radius 1 is 1.47 bits per heavy atom. The van der Waals surface area contributed by atoms with Gasteiger partial charge in [-0.25, -0.2) is 0 Å². The molecule has 2 saturated heterocycles.